The quantitative estimate of drug-likeness (QED) is 0.844. The Morgan fingerprint density at radius 2 is 1.71 bits per heavy atom. The molecule has 2 aromatic heterocycles. The Hall–Kier alpha value is -2.24. The van der Waals surface area contributed by atoms with Gasteiger partial charge in [0.1, 0.15) is 0 Å². The first-order valence-electron chi connectivity index (χ1n) is 7.43. The van der Waals surface area contributed by atoms with Crippen LogP contribution in [-0.2, 0) is 0 Å². The number of pyridine rings is 1. The normalized spacial score (nSPS) is 10.4. The van der Waals surface area contributed by atoms with Gasteiger partial charge in [-0.1, -0.05) is 6.92 Å². The van der Waals surface area contributed by atoms with E-state index in [-0.39, 0.29) is 0 Å². The first-order valence-corrected chi connectivity index (χ1v) is 7.43. The highest BCUT2D eigenvalue weighted by atomic mass is 15.3. The summed E-state index contributed by atoms with van der Waals surface area (Å²) >= 11 is 0. The Balaban J connectivity index is 2.41. The summed E-state index contributed by atoms with van der Waals surface area (Å²) in [5, 5.41) is 3.24. The number of rotatable bonds is 7. The third kappa shape index (κ3) is 3.87. The summed E-state index contributed by atoms with van der Waals surface area (Å²) in [6.45, 7) is 8.88. The van der Waals surface area contributed by atoms with Crippen LogP contribution in [0.25, 0.3) is 11.4 Å². The molecule has 0 saturated carbocycles. The molecule has 0 unspecified atom stereocenters. The van der Waals surface area contributed by atoms with Crippen LogP contribution in [0.3, 0.4) is 0 Å². The second kappa shape index (κ2) is 7.52. The van der Waals surface area contributed by atoms with Crippen LogP contribution in [0.4, 0.5) is 11.9 Å². The van der Waals surface area contributed by atoms with E-state index in [0.29, 0.717) is 17.7 Å². The lowest BCUT2D eigenvalue weighted by molar-refractivity contribution is 0.811. The number of hydrogen-bond acceptors (Lipinski definition) is 6. The van der Waals surface area contributed by atoms with Gasteiger partial charge in [0.15, 0.2) is 5.82 Å². The Bertz CT molecular complexity index is 553. The first kappa shape index (κ1) is 15.2. The van der Waals surface area contributed by atoms with Crippen molar-refractivity contribution in [2.45, 2.75) is 27.2 Å². The number of nitrogens with one attached hydrogen (secondary N) is 1. The molecule has 6 heteroatoms. The summed E-state index contributed by atoms with van der Waals surface area (Å²) in [6, 6.07) is 3.82. The Labute approximate surface area is 125 Å². The molecule has 2 aromatic rings. The Kier molecular flexibility index (Phi) is 5.43. The summed E-state index contributed by atoms with van der Waals surface area (Å²) in [5.41, 5.74) is 0.945. The summed E-state index contributed by atoms with van der Waals surface area (Å²) in [4.78, 5) is 19.8. The average molecular weight is 286 g/mol. The monoisotopic (exact) mass is 286 g/mol. The van der Waals surface area contributed by atoms with E-state index in [1.807, 2.05) is 12.1 Å². The van der Waals surface area contributed by atoms with E-state index in [2.05, 4.69) is 50.9 Å². The molecule has 0 bridgehead atoms. The molecule has 2 rings (SSSR count). The van der Waals surface area contributed by atoms with Crippen LogP contribution < -0.4 is 10.2 Å². The number of nitrogens with zero attached hydrogens (tertiary/aromatic N) is 5. The Morgan fingerprint density at radius 1 is 1.00 bits per heavy atom. The second-order valence-corrected chi connectivity index (χ2v) is 4.62. The van der Waals surface area contributed by atoms with Crippen LogP contribution in [0.2, 0.25) is 0 Å². The molecule has 0 radical (unpaired) electrons. The van der Waals surface area contributed by atoms with Gasteiger partial charge in [-0.15, -0.1) is 0 Å². The van der Waals surface area contributed by atoms with Gasteiger partial charge in [-0.05, 0) is 32.4 Å². The van der Waals surface area contributed by atoms with Gasteiger partial charge in [0.25, 0.3) is 0 Å². The molecule has 0 fully saturated rings. The SMILES string of the molecule is CCCNc1nc(-c2ccncc2)nc(N(CC)CC)n1. The zero-order chi connectivity index (χ0) is 15.1. The molecule has 21 heavy (non-hydrogen) atoms. The fraction of sp³-hybridized carbons (Fsp3) is 0.467. The van der Waals surface area contributed by atoms with Gasteiger partial charge in [-0.2, -0.15) is 15.0 Å². The van der Waals surface area contributed by atoms with Gasteiger partial charge < -0.3 is 10.2 Å². The molecule has 6 nitrogen and oxygen atoms in total. The fourth-order valence-corrected chi connectivity index (χ4v) is 1.96. The van der Waals surface area contributed by atoms with Crippen molar-refractivity contribution in [2.75, 3.05) is 29.9 Å². The smallest absolute Gasteiger partial charge is 0.230 e. The molecule has 0 aliphatic carbocycles. The van der Waals surface area contributed by atoms with E-state index in [9.17, 15) is 0 Å². The van der Waals surface area contributed by atoms with Crippen molar-refractivity contribution in [3.8, 4) is 11.4 Å². The summed E-state index contributed by atoms with van der Waals surface area (Å²) in [7, 11) is 0. The zero-order valence-electron chi connectivity index (χ0n) is 12.9. The highest BCUT2D eigenvalue weighted by Gasteiger charge is 2.12. The van der Waals surface area contributed by atoms with E-state index in [0.717, 1.165) is 31.6 Å². The lowest BCUT2D eigenvalue weighted by atomic mass is 10.2. The maximum atomic E-state index is 4.59. The van der Waals surface area contributed by atoms with E-state index >= 15 is 0 Å². The third-order valence-corrected chi connectivity index (χ3v) is 3.14. The van der Waals surface area contributed by atoms with Crippen molar-refractivity contribution < 1.29 is 0 Å². The molecule has 0 saturated heterocycles. The predicted molar refractivity (Wildman–Crippen MR) is 85.4 cm³/mol. The van der Waals surface area contributed by atoms with Crippen LogP contribution in [0.1, 0.15) is 27.2 Å². The van der Waals surface area contributed by atoms with E-state index in [1.54, 1.807) is 12.4 Å². The van der Waals surface area contributed by atoms with Crippen LogP contribution in [0.5, 0.6) is 0 Å². The van der Waals surface area contributed by atoms with Crippen LogP contribution in [-0.4, -0.2) is 39.6 Å². The summed E-state index contributed by atoms with van der Waals surface area (Å²) < 4.78 is 0. The van der Waals surface area contributed by atoms with Gasteiger partial charge in [-0.3, -0.25) is 4.98 Å². The molecule has 2 heterocycles. The van der Waals surface area contributed by atoms with Crippen molar-refractivity contribution in [1.29, 1.82) is 0 Å². The van der Waals surface area contributed by atoms with E-state index in [1.165, 1.54) is 0 Å². The molecule has 0 aromatic carbocycles. The average Bonchev–Trinajstić information content (AvgIpc) is 2.55. The lowest BCUT2D eigenvalue weighted by Gasteiger charge is -2.19. The van der Waals surface area contributed by atoms with Crippen molar-refractivity contribution >= 4 is 11.9 Å². The fourth-order valence-electron chi connectivity index (χ4n) is 1.96. The minimum absolute atomic E-state index is 0.626. The predicted octanol–water partition coefficient (Wildman–Crippen LogP) is 2.60. The van der Waals surface area contributed by atoms with Gasteiger partial charge >= 0.3 is 0 Å². The molecule has 0 amide bonds. The maximum Gasteiger partial charge on any atom is 0.230 e. The summed E-state index contributed by atoms with van der Waals surface area (Å²) in [6.07, 6.45) is 4.52. The molecule has 0 spiro atoms. The van der Waals surface area contributed by atoms with Crippen LogP contribution >= 0.6 is 0 Å². The van der Waals surface area contributed by atoms with Crippen molar-refractivity contribution in [3.05, 3.63) is 24.5 Å². The topological polar surface area (TPSA) is 66.8 Å². The molecular formula is C15H22N6. The lowest BCUT2D eigenvalue weighted by Crippen LogP contribution is -2.25. The standard InChI is InChI=1S/C15H22N6/c1-4-9-17-14-18-13(12-7-10-16-11-8-12)19-15(20-14)21(5-2)6-3/h7-8,10-11H,4-6,9H2,1-3H3,(H,17,18,19,20). The van der Waals surface area contributed by atoms with E-state index < -0.39 is 0 Å². The van der Waals surface area contributed by atoms with Gasteiger partial charge in [-0.25, -0.2) is 0 Å². The summed E-state index contributed by atoms with van der Waals surface area (Å²) in [5.74, 6) is 2.01. The molecule has 112 valence electrons. The highest BCUT2D eigenvalue weighted by Crippen LogP contribution is 2.18. The van der Waals surface area contributed by atoms with Crippen molar-refractivity contribution in [2.24, 2.45) is 0 Å². The second-order valence-electron chi connectivity index (χ2n) is 4.62. The Morgan fingerprint density at radius 3 is 2.33 bits per heavy atom. The van der Waals surface area contributed by atoms with E-state index in [4.69, 9.17) is 0 Å². The molecule has 0 aliphatic rings. The van der Waals surface area contributed by atoms with Gasteiger partial charge in [0.05, 0.1) is 0 Å². The maximum absolute atomic E-state index is 4.59. The molecule has 0 aliphatic heterocycles. The van der Waals surface area contributed by atoms with Crippen molar-refractivity contribution in [1.82, 2.24) is 19.9 Å². The van der Waals surface area contributed by atoms with Gasteiger partial charge in [0.2, 0.25) is 11.9 Å². The molecule has 1 N–H and O–H groups in total. The number of anilines is 2. The highest BCUT2D eigenvalue weighted by molar-refractivity contribution is 5.57. The molecule has 0 atom stereocenters. The van der Waals surface area contributed by atoms with Gasteiger partial charge in [0, 0.05) is 37.6 Å². The largest absolute Gasteiger partial charge is 0.354 e. The zero-order valence-corrected chi connectivity index (χ0v) is 12.9. The van der Waals surface area contributed by atoms with Crippen molar-refractivity contribution in [3.63, 3.8) is 0 Å². The van der Waals surface area contributed by atoms with Crippen LogP contribution in [0, 0.1) is 0 Å². The number of aromatic nitrogens is 4. The minimum atomic E-state index is 0.626. The first-order chi connectivity index (χ1) is 10.3. The third-order valence-electron chi connectivity index (χ3n) is 3.14. The minimum Gasteiger partial charge on any atom is -0.354 e. The van der Waals surface area contributed by atoms with Crippen LogP contribution in [0.15, 0.2) is 24.5 Å². The number of hydrogen-bond donors (Lipinski definition) is 1. The molecular weight excluding hydrogens is 264 g/mol.